The van der Waals surface area contributed by atoms with E-state index in [0.29, 0.717) is 18.3 Å². The lowest BCUT2D eigenvalue weighted by Crippen LogP contribution is -2.05. The topological polar surface area (TPSA) is 39.1 Å². The number of aromatic nitrogens is 2. The summed E-state index contributed by atoms with van der Waals surface area (Å²) in [6, 6.07) is 7.09. The fourth-order valence-corrected chi connectivity index (χ4v) is 1.73. The molecule has 2 aromatic rings. The number of nitrogens with one attached hydrogen (secondary N) is 1. The summed E-state index contributed by atoms with van der Waals surface area (Å²) < 4.78 is 20.3. The van der Waals surface area contributed by atoms with Crippen molar-refractivity contribution in [3.05, 3.63) is 42.0 Å². The minimum Gasteiger partial charge on any atom is -0.494 e. The lowest BCUT2D eigenvalue weighted by atomic mass is 10.3. The van der Waals surface area contributed by atoms with Gasteiger partial charge in [0.1, 0.15) is 0 Å². The van der Waals surface area contributed by atoms with E-state index in [0.717, 1.165) is 5.69 Å². The molecule has 102 valence electrons. The number of benzene rings is 1. The molecule has 4 nitrogen and oxygen atoms in total. The fourth-order valence-electron chi connectivity index (χ4n) is 1.73. The quantitative estimate of drug-likeness (QED) is 0.900. The molecular weight excluding hydrogens is 245 g/mol. The first-order chi connectivity index (χ1) is 9.10. The maximum Gasteiger partial charge on any atom is 0.167 e. The smallest absolute Gasteiger partial charge is 0.167 e. The van der Waals surface area contributed by atoms with Crippen molar-refractivity contribution in [2.45, 2.75) is 26.4 Å². The third kappa shape index (κ3) is 3.24. The zero-order valence-corrected chi connectivity index (χ0v) is 11.4. The third-order valence-corrected chi connectivity index (χ3v) is 2.82. The highest BCUT2D eigenvalue weighted by molar-refractivity contribution is 5.47. The number of hydrogen-bond acceptors (Lipinski definition) is 3. The van der Waals surface area contributed by atoms with Crippen LogP contribution in [0, 0.1) is 5.82 Å². The van der Waals surface area contributed by atoms with Gasteiger partial charge in [0, 0.05) is 24.0 Å². The minimum atomic E-state index is -0.375. The van der Waals surface area contributed by atoms with Crippen LogP contribution in [0.5, 0.6) is 5.75 Å². The number of ether oxygens (including phenoxy) is 1. The van der Waals surface area contributed by atoms with Crippen molar-refractivity contribution in [1.29, 1.82) is 0 Å². The molecule has 0 radical (unpaired) electrons. The summed E-state index contributed by atoms with van der Waals surface area (Å²) >= 11 is 0. The van der Waals surface area contributed by atoms with Gasteiger partial charge >= 0.3 is 0 Å². The highest BCUT2D eigenvalue weighted by Crippen LogP contribution is 2.20. The van der Waals surface area contributed by atoms with Gasteiger partial charge in [-0.15, -0.1) is 0 Å². The van der Waals surface area contributed by atoms with E-state index in [2.05, 4.69) is 24.3 Å². The van der Waals surface area contributed by atoms with Crippen molar-refractivity contribution in [2.75, 3.05) is 12.4 Å². The molecule has 1 aromatic carbocycles. The van der Waals surface area contributed by atoms with Crippen LogP contribution < -0.4 is 10.1 Å². The molecule has 0 atom stereocenters. The number of hydrogen-bond donors (Lipinski definition) is 1. The van der Waals surface area contributed by atoms with Crippen LogP contribution in [0.25, 0.3) is 0 Å². The molecule has 1 aromatic heterocycles. The second-order valence-corrected chi connectivity index (χ2v) is 4.58. The Morgan fingerprint density at radius 2 is 2.16 bits per heavy atom. The number of methoxy groups -OCH3 is 1. The van der Waals surface area contributed by atoms with Gasteiger partial charge in [-0.3, -0.25) is 4.68 Å². The molecular formula is C14H18FN3O. The van der Waals surface area contributed by atoms with Crippen LogP contribution in [0.1, 0.15) is 25.6 Å². The molecule has 0 aliphatic rings. The molecule has 0 amide bonds. The van der Waals surface area contributed by atoms with E-state index in [1.54, 1.807) is 12.1 Å². The van der Waals surface area contributed by atoms with Crippen molar-refractivity contribution >= 4 is 5.69 Å². The Labute approximate surface area is 112 Å². The summed E-state index contributed by atoms with van der Waals surface area (Å²) in [5, 5.41) is 7.55. The molecule has 0 aliphatic heterocycles. The Bertz CT molecular complexity index is 551. The number of anilines is 1. The number of nitrogens with zero attached hydrogens (tertiary/aromatic N) is 2. The minimum absolute atomic E-state index is 0.245. The van der Waals surface area contributed by atoms with E-state index < -0.39 is 0 Å². The molecule has 0 bridgehead atoms. The van der Waals surface area contributed by atoms with E-state index in [9.17, 15) is 4.39 Å². The van der Waals surface area contributed by atoms with Crippen LogP contribution in [-0.4, -0.2) is 16.9 Å². The highest BCUT2D eigenvalue weighted by atomic mass is 19.1. The maximum absolute atomic E-state index is 13.5. The van der Waals surface area contributed by atoms with Crippen LogP contribution in [0.15, 0.2) is 30.5 Å². The molecule has 19 heavy (non-hydrogen) atoms. The lowest BCUT2D eigenvalue weighted by Gasteiger charge is -2.07. The van der Waals surface area contributed by atoms with E-state index in [1.807, 2.05) is 16.9 Å². The van der Waals surface area contributed by atoms with Gasteiger partial charge in [-0.2, -0.15) is 5.10 Å². The van der Waals surface area contributed by atoms with Crippen molar-refractivity contribution in [3.8, 4) is 5.75 Å². The monoisotopic (exact) mass is 263 g/mol. The second-order valence-electron chi connectivity index (χ2n) is 4.58. The number of rotatable bonds is 5. The Balaban J connectivity index is 1.99. The maximum atomic E-state index is 13.5. The van der Waals surface area contributed by atoms with E-state index >= 15 is 0 Å². The van der Waals surface area contributed by atoms with Gasteiger partial charge in [0.2, 0.25) is 0 Å². The largest absolute Gasteiger partial charge is 0.494 e. The van der Waals surface area contributed by atoms with Crippen molar-refractivity contribution in [1.82, 2.24) is 9.78 Å². The molecule has 1 heterocycles. The first-order valence-electron chi connectivity index (χ1n) is 6.21. The Hall–Kier alpha value is -2.04. The third-order valence-electron chi connectivity index (χ3n) is 2.82. The molecule has 0 unspecified atom stereocenters. The fraction of sp³-hybridized carbons (Fsp3) is 0.357. The van der Waals surface area contributed by atoms with E-state index in [1.165, 1.54) is 13.2 Å². The highest BCUT2D eigenvalue weighted by Gasteiger charge is 2.05. The van der Waals surface area contributed by atoms with Crippen LogP contribution >= 0.6 is 0 Å². The second kappa shape index (κ2) is 5.73. The average molecular weight is 263 g/mol. The van der Waals surface area contributed by atoms with Gasteiger partial charge in [-0.25, -0.2) is 4.39 Å². The summed E-state index contributed by atoms with van der Waals surface area (Å²) in [7, 11) is 1.45. The normalized spacial score (nSPS) is 10.8. The van der Waals surface area contributed by atoms with Crippen LogP contribution in [0.3, 0.4) is 0 Å². The zero-order valence-electron chi connectivity index (χ0n) is 11.4. The molecule has 0 fully saturated rings. The van der Waals surface area contributed by atoms with E-state index in [-0.39, 0.29) is 11.6 Å². The zero-order chi connectivity index (χ0) is 13.8. The van der Waals surface area contributed by atoms with Gasteiger partial charge in [-0.1, -0.05) is 0 Å². The summed E-state index contributed by atoms with van der Waals surface area (Å²) in [5.74, 6) is -0.130. The van der Waals surface area contributed by atoms with Gasteiger partial charge < -0.3 is 10.1 Å². The number of halogens is 1. The SMILES string of the molecule is COc1ccc(NCc2ccn(C(C)C)n2)cc1F. The molecule has 5 heteroatoms. The van der Waals surface area contributed by atoms with Crippen molar-refractivity contribution in [2.24, 2.45) is 0 Å². The molecule has 0 aliphatic carbocycles. The van der Waals surface area contributed by atoms with Gasteiger partial charge in [0.25, 0.3) is 0 Å². The summed E-state index contributed by atoms with van der Waals surface area (Å²) in [6.45, 7) is 4.71. The molecule has 0 spiro atoms. The Kier molecular flexibility index (Phi) is 4.04. The molecule has 1 N–H and O–H groups in total. The molecule has 0 saturated heterocycles. The van der Waals surface area contributed by atoms with Crippen LogP contribution in [0.4, 0.5) is 10.1 Å². The Morgan fingerprint density at radius 3 is 2.74 bits per heavy atom. The summed E-state index contributed by atoms with van der Waals surface area (Å²) in [4.78, 5) is 0. The lowest BCUT2D eigenvalue weighted by molar-refractivity contribution is 0.386. The van der Waals surface area contributed by atoms with Gasteiger partial charge in [-0.05, 0) is 32.0 Å². The average Bonchev–Trinajstić information content (AvgIpc) is 2.85. The standard InChI is InChI=1S/C14H18FN3O/c1-10(2)18-7-6-12(17-18)9-16-11-4-5-14(19-3)13(15)8-11/h4-8,10,16H,9H2,1-3H3. The Morgan fingerprint density at radius 1 is 1.37 bits per heavy atom. The van der Waals surface area contributed by atoms with Crippen LogP contribution in [0.2, 0.25) is 0 Å². The summed E-state index contributed by atoms with van der Waals surface area (Å²) in [6.07, 6.45) is 1.94. The van der Waals surface area contributed by atoms with Crippen LogP contribution in [-0.2, 0) is 6.54 Å². The first kappa shape index (κ1) is 13.4. The predicted molar refractivity (Wildman–Crippen MR) is 72.9 cm³/mol. The molecule has 2 rings (SSSR count). The molecule has 0 saturated carbocycles. The van der Waals surface area contributed by atoms with Crippen molar-refractivity contribution < 1.29 is 9.13 Å². The van der Waals surface area contributed by atoms with Crippen molar-refractivity contribution in [3.63, 3.8) is 0 Å². The van der Waals surface area contributed by atoms with E-state index in [4.69, 9.17) is 4.74 Å². The predicted octanol–water partition coefficient (Wildman–Crippen LogP) is 3.22. The first-order valence-corrected chi connectivity index (χ1v) is 6.21. The van der Waals surface area contributed by atoms with Gasteiger partial charge in [0.15, 0.2) is 11.6 Å². The summed E-state index contributed by atoms with van der Waals surface area (Å²) in [5.41, 5.74) is 1.63. The van der Waals surface area contributed by atoms with Gasteiger partial charge in [0.05, 0.1) is 19.3 Å².